The van der Waals surface area contributed by atoms with Crippen LogP contribution in [0.4, 0.5) is 5.69 Å². The first-order valence-electron chi connectivity index (χ1n) is 5.66. The molecule has 0 amide bonds. The zero-order valence-electron chi connectivity index (χ0n) is 10.6. The molecule has 1 aromatic carbocycles. The SMILES string of the molecule is O=S(=O)(O)CN1CC=CN(c2ccccc2S(=O)(=O)O)N1. The molecule has 116 valence electrons. The predicted octanol–water partition coefficient (Wildman–Crippen LogP) is -0.166. The smallest absolute Gasteiger partial charge is 0.285 e. The third kappa shape index (κ3) is 4.23. The van der Waals surface area contributed by atoms with Crippen LogP contribution in [0.15, 0.2) is 41.4 Å². The molecule has 0 saturated carbocycles. The number of para-hydroxylation sites is 1. The zero-order valence-corrected chi connectivity index (χ0v) is 12.2. The largest absolute Gasteiger partial charge is 0.296 e. The minimum Gasteiger partial charge on any atom is -0.285 e. The topological polar surface area (TPSA) is 127 Å². The van der Waals surface area contributed by atoms with Crippen molar-refractivity contribution in [1.29, 1.82) is 0 Å². The summed E-state index contributed by atoms with van der Waals surface area (Å²) in [5, 5.41) is 2.37. The number of anilines is 1. The molecule has 1 aliphatic heterocycles. The Morgan fingerprint density at radius 1 is 1.14 bits per heavy atom. The van der Waals surface area contributed by atoms with Gasteiger partial charge in [0.25, 0.3) is 20.2 Å². The normalized spacial score (nSPS) is 17.1. The summed E-state index contributed by atoms with van der Waals surface area (Å²) >= 11 is 0. The minimum absolute atomic E-state index is 0.108. The molecule has 0 unspecified atom stereocenters. The van der Waals surface area contributed by atoms with Crippen molar-refractivity contribution in [2.45, 2.75) is 4.90 Å². The number of nitrogens with zero attached hydrogens (tertiary/aromatic N) is 2. The molecule has 3 N–H and O–H groups in total. The van der Waals surface area contributed by atoms with Gasteiger partial charge in [-0.25, -0.2) is 5.01 Å². The standard InChI is InChI=1S/C10H13N3O6S2/c14-20(15,16)8-12-6-3-7-13(11-12)9-4-1-2-5-10(9)21(17,18)19/h1-5,7,11H,6,8H2,(H,14,15,16)(H,17,18,19). The quantitative estimate of drug-likeness (QED) is 0.643. The van der Waals surface area contributed by atoms with Gasteiger partial charge in [0.2, 0.25) is 0 Å². The highest BCUT2D eigenvalue weighted by Gasteiger charge is 2.23. The average molecular weight is 335 g/mol. The van der Waals surface area contributed by atoms with Crippen LogP contribution in [0.1, 0.15) is 0 Å². The number of rotatable bonds is 4. The van der Waals surface area contributed by atoms with Crippen LogP contribution in [0.25, 0.3) is 0 Å². The van der Waals surface area contributed by atoms with E-state index < -0.39 is 26.1 Å². The van der Waals surface area contributed by atoms with Crippen LogP contribution in [0.2, 0.25) is 0 Å². The molecule has 0 radical (unpaired) electrons. The van der Waals surface area contributed by atoms with Gasteiger partial charge in [-0.1, -0.05) is 18.2 Å². The second kappa shape index (κ2) is 5.71. The Morgan fingerprint density at radius 3 is 2.43 bits per heavy atom. The molecular weight excluding hydrogens is 322 g/mol. The monoisotopic (exact) mass is 335 g/mol. The lowest BCUT2D eigenvalue weighted by atomic mass is 10.3. The number of hydrogen-bond acceptors (Lipinski definition) is 7. The maximum Gasteiger partial charge on any atom is 0.296 e. The van der Waals surface area contributed by atoms with E-state index in [2.05, 4.69) is 5.53 Å². The van der Waals surface area contributed by atoms with E-state index >= 15 is 0 Å². The molecular formula is C10H13N3O6S2. The molecule has 0 saturated heterocycles. The molecule has 0 spiro atoms. The molecule has 0 bridgehead atoms. The molecule has 0 aromatic heterocycles. The zero-order chi connectivity index (χ0) is 15.7. The number of hydrogen-bond donors (Lipinski definition) is 3. The molecule has 1 aliphatic rings. The van der Waals surface area contributed by atoms with Gasteiger partial charge in [-0.05, 0) is 12.1 Å². The number of benzene rings is 1. The van der Waals surface area contributed by atoms with Gasteiger partial charge in [-0.2, -0.15) is 22.4 Å². The fourth-order valence-corrected chi connectivity index (χ4v) is 3.03. The Kier molecular flexibility index (Phi) is 4.32. The van der Waals surface area contributed by atoms with Crippen molar-refractivity contribution < 1.29 is 25.9 Å². The first-order chi connectivity index (χ1) is 9.67. The van der Waals surface area contributed by atoms with E-state index in [1.807, 2.05) is 0 Å². The summed E-state index contributed by atoms with van der Waals surface area (Å²) in [7, 11) is -8.67. The van der Waals surface area contributed by atoms with Crippen LogP contribution in [-0.2, 0) is 20.2 Å². The molecule has 0 aliphatic carbocycles. The predicted molar refractivity (Wildman–Crippen MR) is 74.1 cm³/mol. The van der Waals surface area contributed by atoms with Crippen molar-refractivity contribution in [1.82, 2.24) is 10.5 Å². The highest BCUT2D eigenvalue weighted by atomic mass is 32.2. The number of nitrogens with one attached hydrogen (secondary N) is 1. The number of hydrazine groups is 2. The Labute approximate surface area is 121 Å². The van der Waals surface area contributed by atoms with Crippen LogP contribution >= 0.6 is 0 Å². The van der Waals surface area contributed by atoms with Crippen LogP contribution < -0.4 is 10.5 Å². The second-order valence-electron chi connectivity index (χ2n) is 4.23. The second-order valence-corrected chi connectivity index (χ2v) is 7.04. The van der Waals surface area contributed by atoms with Crippen LogP contribution in [0.5, 0.6) is 0 Å². The third-order valence-electron chi connectivity index (χ3n) is 2.55. The fourth-order valence-electron chi connectivity index (χ4n) is 1.79. The highest BCUT2D eigenvalue weighted by molar-refractivity contribution is 7.86. The van der Waals surface area contributed by atoms with Gasteiger partial charge in [-0.15, -0.1) is 0 Å². The van der Waals surface area contributed by atoms with Gasteiger partial charge < -0.3 is 0 Å². The van der Waals surface area contributed by atoms with E-state index in [0.29, 0.717) is 0 Å². The van der Waals surface area contributed by atoms with Crippen molar-refractivity contribution >= 4 is 25.9 Å². The Morgan fingerprint density at radius 2 is 1.81 bits per heavy atom. The van der Waals surface area contributed by atoms with Gasteiger partial charge in [0, 0.05) is 12.7 Å². The van der Waals surface area contributed by atoms with E-state index in [-0.39, 0.29) is 17.1 Å². The van der Waals surface area contributed by atoms with E-state index in [1.54, 1.807) is 12.1 Å². The molecule has 9 nitrogen and oxygen atoms in total. The third-order valence-corrected chi connectivity index (χ3v) is 4.09. The van der Waals surface area contributed by atoms with Crippen molar-refractivity contribution in [3.63, 3.8) is 0 Å². The molecule has 0 atom stereocenters. The maximum atomic E-state index is 11.3. The van der Waals surface area contributed by atoms with E-state index in [4.69, 9.17) is 4.55 Å². The van der Waals surface area contributed by atoms with E-state index in [0.717, 1.165) is 5.01 Å². The molecule has 21 heavy (non-hydrogen) atoms. The molecule has 1 aromatic rings. The van der Waals surface area contributed by atoms with Gasteiger partial charge in [0.15, 0.2) is 0 Å². The van der Waals surface area contributed by atoms with Gasteiger partial charge in [0.1, 0.15) is 10.8 Å². The summed E-state index contributed by atoms with van der Waals surface area (Å²) in [5.74, 6) is -0.679. The minimum atomic E-state index is -4.44. The van der Waals surface area contributed by atoms with Crippen LogP contribution in [0, 0.1) is 0 Å². The lowest BCUT2D eigenvalue weighted by Gasteiger charge is -2.33. The van der Waals surface area contributed by atoms with E-state index in [1.165, 1.54) is 29.4 Å². The van der Waals surface area contributed by atoms with Crippen LogP contribution in [0.3, 0.4) is 0 Å². The first kappa shape index (κ1) is 15.9. The summed E-state index contributed by atoms with van der Waals surface area (Å²) in [6.07, 6.45) is 3.03. The maximum absolute atomic E-state index is 11.3. The summed E-state index contributed by atoms with van der Waals surface area (Å²) in [6.45, 7) is 0.185. The van der Waals surface area contributed by atoms with E-state index in [9.17, 15) is 21.4 Å². The summed E-state index contributed by atoms with van der Waals surface area (Å²) in [5.41, 5.74) is 2.71. The van der Waals surface area contributed by atoms with Crippen molar-refractivity contribution in [3.8, 4) is 0 Å². The molecule has 0 fully saturated rings. The molecule has 1 heterocycles. The Bertz CT molecular complexity index is 759. The lowest BCUT2D eigenvalue weighted by molar-refractivity contribution is 0.226. The molecule has 2 rings (SSSR count). The summed E-state index contributed by atoms with van der Waals surface area (Å²) < 4.78 is 62.4. The first-order valence-corrected chi connectivity index (χ1v) is 8.70. The van der Waals surface area contributed by atoms with Crippen molar-refractivity contribution in [2.24, 2.45) is 0 Å². The Hall–Kier alpha value is -1.50. The van der Waals surface area contributed by atoms with Gasteiger partial charge >= 0.3 is 0 Å². The summed E-state index contributed by atoms with van der Waals surface area (Å²) in [4.78, 5) is -0.337. The lowest BCUT2D eigenvalue weighted by Crippen LogP contribution is -2.52. The van der Waals surface area contributed by atoms with Crippen LogP contribution in [-0.4, -0.2) is 43.4 Å². The van der Waals surface area contributed by atoms with Crippen molar-refractivity contribution in [2.75, 3.05) is 17.4 Å². The fraction of sp³-hybridized carbons (Fsp3) is 0.200. The molecule has 11 heteroatoms. The van der Waals surface area contributed by atoms with Crippen molar-refractivity contribution in [3.05, 3.63) is 36.5 Å². The summed E-state index contributed by atoms with van der Waals surface area (Å²) in [6, 6.07) is 5.64. The van der Waals surface area contributed by atoms with Gasteiger partial charge in [0.05, 0.1) is 5.69 Å². The highest BCUT2D eigenvalue weighted by Crippen LogP contribution is 2.24. The Balaban J connectivity index is 2.32. The average Bonchev–Trinajstić information content (AvgIpc) is 2.36. The van der Waals surface area contributed by atoms with Gasteiger partial charge in [-0.3, -0.25) is 14.1 Å².